The second kappa shape index (κ2) is 8.36. The molecule has 1 saturated heterocycles. The highest BCUT2D eigenvalue weighted by Crippen LogP contribution is 2.29. The lowest BCUT2D eigenvalue weighted by Gasteiger charge is -2.11. The van der Waals surface area contributed by atoms with Gasteiger partial charge in [0, 0.05) is 17.3 Å². The third-order valence-electron chi connectivity index (χ3n) is 4.31. The van der Waals surface area contributed by atoms with Gasteiger partial charge in [-0.15, -0.1) is 0 Å². The van der Waals surface area contributed by atoms with Crippen LogP contribution < -0.4 is 10.6 Å². The number of rotatable bonds is 5. The van der Waals surface area contributed by atoms with Crippen LogP contribution in [0.25, 0.3) is 6.08 Å². The first-order valence-electron chi connectivity index (χ1n) is 8.80. The van der Waals surface area contributed by atoms with Crippen molar-refractivity contribution in [1.82, 2.24) is 20.5 Å². The van der Waals surface area contributed by atoms with E-state index in [1.807, 2.05) is 0 Å². The molecule has 0 radical (unpaired) electrons. The molecule has 1 aliphatic heterocycles. The van der Waals surface area contributed by atoms with Gasteiger partial charge in [0.2, 0.25) is 5.82 Å². The van der Waals surface area contributed by atoms with E-state index in [-0.39, 0.29) is 17.2 Å². The fourth-order valence-electron chi connectivity index (χ4n) is 2.82. The summed E-state index contributed by atoms with van der Waals surface area (Å²) in [5, 5.41) is 22.8. The van der Waals surface area contributed by atoms with Crippen LogP contribution in [0.15, 0.2) is 59.0 Å². The highest BCUT2D eigenvalue weighted by Gasteiger charge is 2.29. The maximum atomic E-state index is 12.2. The highest BCUT2D eigenvalue weighted by atomic mass is 79.9. The molecule has 2 heterocycles. The molecule has 2 aromatic carbocycles. The second-order valence-corrected chi connectivity index (χ2v) is 7.22. The van der Waals surface area contributed by atoms with Gasteiger partial charge in [-0.3, -0.25) is 20.0 Å². The van der Waals surface area contributed by atoms with Crippen LogP contribution in [0.4, 0.5) is 11.4 Å². The van der Waals surface area contributed by atoms with Crippen LogP contribution in [0.3, 0.4) is 0 Å². The average molecular weight is 485 g/mol. The molecule has 3 aromatic rings. The molecule has 1 aliphatic rings. The number of nitro groups is 1. The molecule has 0 bridgehead atoms. The Morgan fingerprint density at radius 1 is 1.26 bits per heavy atom. The number of H-pyrrole nitrogens is 1. The maximum Gasteiger partial charge on any atom is 0.356 e. The molecule has 0 saturated carbocycles. The van der Waals surface area contributed by atoms with Crippen LogP contribution >= 0.6 is 15.9 Å². The molecule has 0 spiro atoms. The van der Waals surface area contributed by atoms with E-state index in [0.717, 1.165) is 0 Å². The van der Waals surface area contributed by atoms with Crippen LogP contribution in [-0.2, 0) is 9.53 Å². The average Bonchev–Trinajstić information content (AvgIpc) is 3.40. The number of aromatic nitrogens is 3. The standard InChI is InChI=1S/C19H13BrN6O5/c20-13-6-1-10(8-15(13)26(29)30)7-14-19(28)31-18(24-14)11-2-4-12(5-3-11)23-17(27)16-21-9-22-25-16/h1-9,18,24H,(H,23,27)(H,21,22,25)/b14-7+/t18-/m1/s1. The fraction of sp³-hybridized carbons (Fsp3) is 0.0526. The predicted molar refractivity (Wildman–Crippen MR) is 112 cm³/mol. The van der Waals surface area contributed by atoms with E-state index in [4.69, 9.17) is 4.74 Å². The summed E-state index contributed by atoms with van der Waals surface area (Å²) in [5.41, 5.74) is 1.70. The number of hydrogen-bond donors (Lipinski definition) is 3. The van der Waals surface area contributed by atoms with Crippen molar-refractivity contribution in [3.05, 3.63) is 86.0 Å². The normalized spacial score (nSPS) is 16.6. The van der Waals surface area contributed by atoms with Gasteiger partial charge in [-0.2, -0.15) is 5.10 Å². The van der Waals surface area contributed by atoms with E-state index >= 15 is 0 Å². The van der Waals surface area contributed by atoms with Gasteiger partial charge in [0.25, 0.3) is 11.6 Å². The van der Waals surface area contributed by atoms with Crippen LogP contribution in [0.5, 0.6) is 0 Å². The van der Waals surface area contributed by atoms with Gasteiger partial charge in [0.05, 0.1) is 9.40 Å². The first kappa shape index (κ1) is 20.2. The Kier molecular flexibility index (Phi) is 5.45. The van der Waals surface area contributed by atoms with Crippen molar-refractivity contribution < 1.29 is 19.2 Å². The third-order valence-corrected chi connectivity index (χ3v) is 4.98. The van der Waals surface area contributed by atoms with Gasteiger partial charge < -0.3 is 15.4 Å². The third kappa shape index (κ3) is 4.43. The molecule has 0 aliphatic carbocycles. The number of hydrogen-bond acceptors (Lipinski definition) is 8. The minimum atomic E-state index is -0.733. The number of amides is 1. The van der Waals surface area contributed by atoms with Crippen LogP contribution in [0.2, 0.25) is 0 Å². The van der Waals surface area contributed by atoms with Gasteiger partial charge in [-0.1, -0.05) is 18.2 Å². The number of nitrogens with zero attached hydrogens (tertiary/aromatic N) is 3. The monoisotopic (exact) mass is 484 g/mol. The Hall–Kier alpha value is -4.06. The van der Waals surface area contributed by atoms with Gasteiger partial charge in [0.15, 0.2) is 6.23 Å². The summed E-state index contributed by atoms with van der Waals surface area (Å²) < 4.78 is 5.68. The van der Waals surface area contributed by atoms with Crippen molar-refractivity contribution in [3.63, 3.8) is 0 Å². The van der Waals surface area contributed by atoms with E-state index in [2.05, 4.69) is 41.7 Å². The van der Waals surface area contributed by atoms with Crippen LogP contribution in [-0.4, -0.2) is 32.0 Å². The molecule has 12 heteroatoms. The summed E-state index contributed by atoms with van der Waals surface area (Å²) in [7, 11) is 0. The highest BCUT2D eigenvalue weighted by molar-refractivity contribution is 9.10. The number of esters is 1. The topological polar surface area (TPSA) is 152 Å². The molecule has 1 amide bonds. The predicted octanol–water partition coefficient (Wildman–Crippen LogP) is 2.91. The molecule has 156 valence electrons. The van der Waals surface area contributed by atoms with E-state index in [1.165, 1.54) is 24.5 Å². The van der Waals surface area contributed by atoms with E-state index in [9.17, 15) is 19.7 Å². The van der Waals surface area contributed by atoms with Crippen LogP contribution in [0, 0.1) is 10.1 Å². The number of ether oxygens (including phenoxy) is 1. The number of halogens is 1. The Labute approximate surface area is 182 Å². The summed E-state index contributed by atoms with van der Waals surface area (Å²) in [6, 6.07) is 11.2. The Bertz CT molecular complexity index is 1190. The lowest BCUT2D eigenvalue weighted by molar-refractivity contribution is -0.385. The summed E-state index contributed by atoms with van der Waals surface area (Å²) in [4.78, 5) is 38.5. The van der Waals surface area contributed by atoms with Gasteiger partial charge in [-0.05, 0) is 45.8 Å². The van der Waals surface area contributed by atoms with Crippen molar-refractivity contribution in [1.29, 1.82) is 0 Å². The van der Waals surface area contributed by atoms with E-state index in [1.54, 1.807) is 30.3 Å². The Morgan fingerprint density at radius 2 is 2.03 bits per heavy atom. The lowest BCUT2D eigenvalue weighted by atomic mass is 10.1. The first-order chi connectivity index (χ1) is 14.9. The summed E-state index contributed by atoms with van der Waals surface area (Å²) in [6.45, 7) is 0. The zero-order valence-electron chi connectivity index (χ0n) is 15.5. The smallest absolute Gasteiger partial charge is 0.356 e. The lowest BCUT2D eigenvalue weighted by Crippen LogP contribution is -2.15. The molecule has 1 fully saturated rings. The van der Waals surface area contributed by atoms with Crippen molar-refractivity contribution >= 4 is 45.3 Å². The number of nitro benzene ring substituents is 1. The SMILES string of the molecule is O=C1O[C@H](c2ccc(NC(=O)c3ncn[nH]3)cc2)N/C1=C/c1ccc(Br)c([N+](=O)[O-])c1. The van der Waals surface area contributed by atoms with Crippen molar-refractivity contribution in [2.24, 2.45) is 0 Å². The molecule has 11 nitrogen and oxygen atoms in total. The molecular formula is C19H13BrN6O5. The largest absolute Gasteiger partial charge is 0.433 e. The number of nitrogens with one attached hydrogen (secondary N) is 3. The van der Waals surface area contributed by atoms with E-state index < -0.39 is 23.0 Å². The summed E-state index contributed by atoms with van der Waals surface area (Å²) >= 11 is 3.12. The fourth-order valence-corrected chi connectivity index (χ4v) is 3.22. The molecule has 31 heavy (non-hydrogen) atoms. The minimum absolute atomic E-state index is 0.0819. The zero-order valence-corrected chi connectivity index (χ0v) is 17.1. The second-order valence-electron chi connectivity index (χ2n) is 6.37. The molecule has 1 aromatic heterocycles. The molecular weight excluding hydrogens is 472 g/mol. The number of carbonyl (C=O) groups excluding carboxylic acids is 2. The van der Waals surface area contributed by atoms with E-state index in [0.29, 0.717) is 21.3 Å². The van der Waals surface area contributed by atoms with Gasteiger partial charge in [0.1, 0.15) is 12.0 Å². The quantitative estimate of drug-likeness (QED) is 0.216. The minimum Gasteiger partial charge on any atom is -0.433 e. The number of carbonyl (C=O) groups is 2. The van der Waals surface area contributed by atoms with Gasteiger partial charge >= 0.3 is 5.97 Å². The molecule has 0 unspecified atom stereocenters. The number of cyclic esters (lactones) is 1. The maximum absolute atomic E-state index is 12.2. The number of benzene rings is 2. The first-order valence-corrected chi connectivity index (χ1v) is 9.60. The zero-order chi connectivity index (χ0) is 22.0. The molecule has 3 N–H and O–H groups in total. The molecule has 1 atom stereocenters. The Balaban J connectivity index is 1.47. The van der Waals surface area contributed by atoms with Gasteiger partial charge in [-0.25, -0.2) is 9.78 Å². The summed E-state index contributed by atoms with van der Waals surface area (Å²) in [6.07, 6.45) is 1.98. The Morgan fingerprint density at radius 3 is 2.71 bits per heavy atom. The van der Waals surface area contributed by atoms with Crippen molar-refractivity contribution in [2.45, 2.75) is 6.23 Å². The number of anilines is 1. The van der Waals surface area contributed by atoms with Crippen molar-refractivity contribution in [2.75, 3.05) is 5.32 Å². The van der Waals surface area contributed by atoms with Crippen molar-refractivity contribution in [3.8, 4) is 0 Å². The molecule has 4 rings (SSSR count). The van der Waals surface area contributed by atoms with Crippen LogP contribution in [0.1, 0.15) is 28.0 Å². The summed E-state index contributed by atoms with van der Waals surface area (Å²) in [5.74, 6) is -0.943. The number of aromatic amines is 1.